The molecule has 2 aliphatic carbocycles. The van der Waals surface area contributed by atoms with Gasteiger partial charge in [0.05, 0.1) is 6.61 Å². The third kappa shape index (κ3) is 4.91. The summed E-state index contributed by atoms with van der Waals surface area (Å²) in [4.78, 5) is 0. The van der Waals surface area contributed by atoms with Crippen molar-refractivity contribution in [2.24, 2.45) is 0 Å². The van der Waals surface area contributed by atoms with Crippen molar-refractivity contribution in [2.45, 2.75) is 6.92 Å². The summed E-state index contributed by atoms with van der Waals surface area (Å²) in [6.45, 7) is 1.08. The highest BCUT2D eigenvalue weighted by atomic mass is 19.3. The Kier molecular flexibility index (Phi) is 7.75. The summed E-state index contributed by atoms with van der Waals surface area (Å²) in [5.41, 5.74) is 3.95. The smallest absolute Gasteiger partial charge is 0.128 e. The lowest BCUT2D eigenvalue weighted by atomic mass is 10.1. The second kappa shape index (κ2) is 9.60. The van der Waals surface area contributed by atoms with E-state index in [1.807, 2.05) is 30.4 Å². The van der Waals surface area contributed by atoms with Gasteiger partial charge in [0.25, 0.3) is 0 Å². The Morgan fingerprint density at radius 1 is 1.05 bits per heavy atom. The van der Waals surface area contributed by atoms with E-state index in [0.717, 1.165) is 5.56 Å². The molecule has 2 N–H and O–H groups in total. The van der Waals surface area contributed by atoms with Gasteiger partial charge in [0.15, 0.2) is 0 Å². The number of halogens is 2. The van der Waals surface area contributed by atoms with Crippen LogP contribution in [0.4, 0.5) is 8.92 Å². The van der Waals surface area contributed by atoms with Gasteiger partial charge in [-0.2, -0.15) is 0 Å². The van der Waals surface area contributed by atoms with E-state index in [9.17, 15) is 4.39 Å². The average Bonchev–Trinajstić information content (AvgIpc) is 2.79. The van der Waals surface area contributed by atoms with Crippen LogP contribution in [0.2, 0.25) is 0 Å². The average molecular weight is 304 g/mol. The predicted octanol–water partition coefficient (Wildman–Crippen LogP) is 4.46. The van der Waals surface area contributed by atoms with Crippen molar-refractivity contribution >= 4 is 6.08 Å². The molecule has 0 spiro atoms. The summed E-state index contributed by atoms with van der Waals surface area (Å²) >= 11 is 0. The Bertz CT molecular complexity index is 645. The van der Waals surface area contributed by atoms with Gasteiger partial charge in [-0.05, 0) is 29.2 Å². The molecule has 22 heavy (non-hydrogen) atoms. The number of aliphatic hydroxyl groups is 1. The molecular weight excluding hydrogens is 286 g/mol. The molecule has 0 aliphatic heterocycles. The quantitative estimate of drug-likeness (QED) is 0.819. The van der Waals surface area contributed by atoms with Gasteiger partial charge >= 0.3 is 0 Å². The van der Waals surface area contributed by atoms with E-state index < -0.39 is 12.4 Å². The number of hydrogen-bond donors (Lipinski definition) is 2. The summed E-state index contributed by atoms with van der Waals surface area (Å²) in [6, 6.07) is 14.3. The SMILES string of the molecule is CC(/C=C/C=C/c1ccc2cccccc1-2)=C(/F)CO.OF. The Balaban J connectivity index is 0.00000116. The molecule has 4 heteroatoms. The largest absolute Gasteiger partial charge is 0.389 e. The van der Waals surface area contributed by atoms with E-state index in [-0.39, 0.29) is 0 Å². The van der Waals surface area contributed by atoms with Gasteiger partial charge in [0.1, 0.15) is 5.83 Å². The Hall–Kier alpha value is -2.30. The van der Waals surface area contributed by atoms with E-state index >= 15 is 0 Å². The predicted molar refractivity (Wildman–Crippen MR) is 85.5 cm³/mol. The highest BCUT2D eigenvalue weighted by Crippen LogP contribution is 2.27. The molecule has 0 radical (unpaired) electrons. The third-order valence-corrected chi connectivity index (χ3v) is 3.13. The molecule has 0 atom stereocenters. The third-order valence-electron chi connectivity index (χ3n) is 3.13. The molecule has 116 valence electrons. The van der Waals surface area contributed by atoms with E-state index in [1.54, 1.807) is 19.1 Å². The van der Waals surface area contributed by atoms with Crippen molar-refractivity contribution in [1.82, 2.24) is 0 Å². The summed E-state index contributed by atoms with van der Waals surface area (Å²) in [6.07, 6.45) is 7.28. The molecule has 2 rings (SSSR count). The zero-order valence-electron chi connectivity index (χ0n) is 12.2. The standard InChI is InChI=1S/C18H17FO.FHO/c1-14(18(19)13-20)7-5-6-9-16-12-11-15-8-3-2-4-10-17(15)16;1-2/h2-12,20H,13H2,1H3;2H/b7-5+,9-6+,18-14-;. The summed E-state index contributed by atoms with van der Waals surface area (Å²) in [7, 11) is 0. The molecule has 0 saturated carbocycles. The lowest BCUT2D eigenvalue weighted by Crippen LogP contribution is -1.85. The van der Waals surface area contributed by atoms with E-state index in [0.29, 0.717) is 5.57 Å². The second-order valence-electron chi connectivity index (χ2n) is 4.53. The van der Waals surface area contributed by atoms with Gasteiger partial charge in [-0.15, -0.1) is 0 Å². The maximum Gasteiger partial charge on any atom is 0.128 e. The fraction of sp³-hybridized carbons (Fsp3) is 0.111. The van der Waals surface area contributed by atoms with Crippen molar-refractivity contribution in [3.63, 3.8) is 0 Å². The van der Waals surface area contributed by atoms with Gasteiger partial charge < -0.3 is 5.11 Å². The van der Waals surface area contributed by atoms with E-state index in [1.165, 1.54) is 11.1 Å². The first-order chi connectivity index (χ1) is 10.7. The normalized spacial score (nSPS) is 12.4. The topological polar surface area (TPSA) is 40.5 Å². The maximum absolute atomic E-state index is 13.0. The summed E-state index contributed by atoms with van der Waals surface area (Å²) in [5, 5.41) is 14.2. The first kappa shape index (κ1) is 17.8. The van der Waals surface area contributed by atoms with E-state index in [4.69, 9.17) is 14.9 Å². The first-order valence-corrected chi connectivity index (χ1v) is 6.68. The van der Waals surface area contributed by atoms with Crippen LogP contribution in [0.15, 0.2) is 72.1 Å². The van der Waals surface area contributed by atoms with E-state index in [2.05, 4.69) is 24.3 Å². The fourth-order valence-electron chi connectivity index (χ4n) is 1.96. The number of hydrogen-bond acceptors (Lipinski definition) is 2. The van der Waals surface area contributed by atoms with Crippen LogP contribution in [0.3, 0.4) is 0 Å². The highest BCUT2D eigenvalue weighted by Gasteiger charge is 2.03. The molecule has 0 heterocycles. The van der Waals surface area contributed by atoms with Crippen LogP contribution in [-0.2, 0) is 0 Å². The van der Waals surface area contributed by atoms with Crippen molar-refractivity contribution in [2.75, 3.05) is 6.61 Å². The van der Waals surface area contributed by atoms with Gasteiger partial charge in [-0.1, -0.05) is 71.3 Å². The molecule has 0 aromatic heterocycles. The van der Waals surface area contributed by atoms with Gasteiger partial charge in [0, 0.05) is 0 Å². The van der Waals surface area contributed by atoms with Gasteiger partial charge in [-0.25, -0.2) is 9.70 Å². The molecule has 0 fully saturated rings. The first-order valence-electron chi connectivity index (χ1n) is 6.68. The number of fused-ring (bicyclic) bond motifs is 1. The Morgan fingerprint density at radius 3 is 2.50 bits per heavy atom. The minimum absolute atomic E-state index is 0.441. The van der Waals surface area contributed by atoms with Gasteiger partial charge in [-0.3, -0.25) is 0 Å². The fourth-order valence-corrected chi connectivity index (χ4v) is 1.96. The van der Waals surface area contributed by atoms with Crippen LogP contribution < -0.4 is 0 Å². The number of allylic oxidation sites excluding steroid dienone is 4. The second-order valence-corrected chi connectivity index (χ2v) is 4.53. The summed E-state index contributed by atoms with van der Waals surface area (Å²) < 4.78 is 21.5. The molecule has 0 bridgehead atoms. The molecule has 0 amide bonds. The monoisotopic (exact) mass is 304 g/mol. The zero-order valence-corrected chi connectivity index (χ0v) is 12.2. The Labute approximate surface area is 128 Å². The van der Waals surface area contributed by atoms with Crippen molar-refractivity contribution in [3.8, 4) is 11.1 Å². The van der Waals surface area contributed by atoms with Crippen molar-refractivity contribution in [1.29, 1.82) is 0 Å². The molecule has 0 aromatic rings. The lowest BCUT2D eigenvalue weighted by molar-refractivity contribution is -0.0441. The van der Waals surface area contributed by atoms with Crippen LogP contribution >= 0.6 is 0 Å². The minimum Gasteiger partial charge on any atom is -0.389 e. The van der Waals surface area contributed by atoms with Crippen LogP contribution in [0, 0.1) is 0 Å². The molecule has 2 nitrogen and oxygen atoms in total. The molecular formula is C18H18F2O2. The molecule has 0 unspecified atom stereocenters. The van der Waals surface area contributed by atoms with Crippen molar-refractivity contribution in [3.05, 3.63) is 77.7 Å². The number of aliphatic hydroxyl groups excluding tert-OH is 1. The summed E-state index contributed by atoms with van der Waals surface area (Å²) in [5.74, 6) is -0.500. The number of rotatable bonds is 4. The zero-order chi connectivity index (χ0) is 16.4. The van der Waals surface area contributed by atoms with Crippen LogP contribution in [-0.4, -0.2) is 17.0 Å². The highest BCUT2D eigenvalue weighted by molar-refractivity contribution is 5.78. The van der Waals surface area contributed by atoms with Crippen LogP contribution in [0.1, 0.15) is 12.5 Å². The molecule has 0 saturated heterocycles. The lowest BCUT2D eigenvalue weighted by Gasteiger charge is -1.95. The Morgan fingerprint density at radius 2 is 1.77 bits per heavy atom. The minimum atomic E-state index is -0.552. The maximum atomic E-state index is 13.0. The molecule has 0 aromatic carbocycles. The van der Waals surface area contributed by atoms with Crippen molar-refractivity contribution < 1.29 is 19.3 Å². The molecule has 2 aliphatic rings. The van der Waals surface area contributed by atoms with Crippen LogP contribution in [0.25, 0.3) is 17.2 Å². The van der Waals surface area contributed by atoms with Crippen LogP contribution in [0.5, 0.6) is 0 Å². The van der Waals surface area contributed by atoms with Gasteiger partial charge in [0.2, 0.25) is 0 Å².